The standard InChI is InChI=1S/C19H24N2.C2H6/c1-15-9-5-7-11-17(15)20-13-19(3,4)21(14-20)18-12-8-6-10-16(18)2;1-2/h5-12H,13-14H2,1-4H3;1-2H3. The molecule has 1 fully saturated rings. The van der Waals surface area contributed by atoms with E-state index in [1.165, 1.54) is 22.5 Å². The minimum atomic E-state index is 0.133. The molecule has 0 atom stereocenters. The van der Waals surface area contributed by atoms with Crippen LogP contribution < -0.4 is 9.80 Å². The first-order valence-corrected chi connectivity index (χ1v) is 8.63. The molecular weight excluding hydrogens is 280 g/mol. The molecule has 0 amide bonds. The van der Waals surface area contributed by atoms with Crippen LogP contribution in [0.1, 0.15) is 38.8 Å². The summed E-state index contributed by atoms with van der Waals surface area (Å²) in [5.74, 6) is 0. The molecule has 0 aromatic heterocycles. The summed E-state index contributed by atoms with van der Waals surface area (Å²) in [5, 5.41) is 0. The number of benzene rings is 2. The summed E-state index contributed by atoms with van der Waals surface area (Å²) in [6, 6.07) is 17.3. The summed E-state index contributed by atoms with van der Waals surface area (Å²) < 4.78 is 0. The molecule has 0 radical (unpaired) electrons. The molecule has 0 N–H and O–H groups in total. The molecule has 1 saturated heterocycles. The van der Waals surface area contributed by atoms with Crippen molar-refractivity contribution in [1.29, 1.82) is 0 Å². The van der Waals surface area contributed by atoms with Crippen molar-refractivity contribution in [3.8, 4) is 0 Å². The lowest BCUT2D eigenvalue weighted by atomic mass is 10.0. The van der Waals surface area contributed by atoms with Crippen LogP contribution in [-0.2, 0) is 0 Å². The maximum Gasteiger partial charge on any atom is 0.0910 e. The molecule has 2 aromatic rings. The molecule has 2 aromatic carbocycles. The van der Waals surface area contributed by atoms with E-state index in [1.54, 1.807) is 0 Å². The zero-order valence-electron chi connectivity index (χ0n) is 15.4. The van der Waals surface area contributed by atoms with Gasteiger partial charge in [0.1, 0.15) is 0 Å². The van der Waals surface area contributed by atoms with Gasteiger partial charge in [0.05, 0.1) is 12.2 Å². The van der Waals surface area contributed by atoms with Gasteiger partial charge in [0.15, 0.2) is 0 Å². The number of para-hydroxylation sites is 2. The van der Waals surface area contributed by atoms with E-state index < -0.39 is 0 Å². The second kappa shape index (κ2) is 7.08. The fourth-order valence-electron chi connectivity index (χ4n) is 3.31. The fourth-order valence-corrected chi connectivity index (χ4v) is 3.31. The molecule has 23 heavy (non-hydrogen) atoms. The van der Waals surface area contributed by atoms with E-state index in [0.717, 1.165) is 13.2 Å². The second-order valence-electron chi connectivity index (χ2n) is 6.65. The first kappa shape index (κ1) is 17.4. The van der Waals surface area contributed by atoms with Crippen molar-refractivity contribution in [2.45, 2.75) is 47.1 Å². The number of nitrogens with zero attached hydrogens (tertiary/aromatic N) is 2. The monoisotopic (exact) mass is 310 g/mol. The lowest BCUT2D eigenvalue weighted by Crippen LogP contribution is -2.40. The van der Waals surface area contributed by atoms with E-state index in [-0.39, 0.29) is 5.54 Å². The Hall–Kier alpha value is -1.96. The van der Waals surface area contributed by atoms with Crippen molar-refractivity contribution >= 4 is 11.4 Å². The fraction of sp³-hybridized carbons (Fsp3) is 0.429. The minimum Gasteiger partial charge on any atom is -0.351 e. The molecule has 124 valence electrons. The molecule has 0 saturated carbocycles. The van der Waals surface area contributed by atoms with Crippen LogP contribution in [0.2, 0.25) is 0 Å². The summed E-state index contributed by atoms with van der Waals surface area (Å²) in [4.78, 5) is 5.01. The molecule has 0 spiro atoms. The molecule has 1 heterocycles. The molecular formula is C21H30N2. The second-order valence-corrected chi connectivity index (χ2v) is 6.65. The van der Waals surface area contributed by atoms with Gasteiger partial charge in [-0.1, -0.05) is 50.2 Å². The lowest BCUT2D eigenvalue weighted by molar-refractivity contribution is 0.552. The highest BCUT2D eigenvalue weighted by Gasteiger charge is 2.38. The van der Waals surface area contributed by atoms with Gasteiger partial charge in [-0.15, -0.1) is 0 Å². The van der Waals surface area contributed by atoms with E-state index in [0.29, 0.717) is 0 Å². The summed E-state index contributed by atoms with van der Waals surface area (Å²) >= 11 is 0. The van der Waals surface area contributed by atoms with E-state index in [4.69, 9.17) is 0 Å². The quantitative estimate of drug-likeness (QED) is 0.733. The van der Waals surface area contributed by atoms with Crippen LogP contribution in [0.15, 0.2) is 48.5 Å². The van der Waals surface area contributed by atoms with Crippen LogP contribution in [0.25, 0.3) is 0 Å². The van der Waals surface area contributed by atoms with Gasteiger partial charge in [-0.3, -0.25) is 0 Å². The maximum absolute atomic E-state index is 2.52. The van der Waals surface area contributed by atoms with Crippen LogP contribution in [0, 0.1) is 13.8 Å². The first-order chi connectivity index (χ1) is 11.0. The van der Waals surface area contributed by atoms with Gasteiger partial charge in [-0.2, -0.15) is 0 Å². The molecule has 3 rings (SSSR count). The van der Waals surface area contributed by atoms with E-state index in [1.807, 2.05) is 13.8 Å². The Balaban J connectivity index is 0.000000924. The number of hydrogen-bond acceptors (Lipinski definition) is 2. The molecule has 1 aliphatic rings. The summed E-state index contributed by atoms with van der Waals surface area (Å²) in [7, 11) is 0. The SMILES string of the molecule is CC.Cc1ccccc1N1CN(c2ccccc2C)C(C)(C)C1. The zero-order valence-corrected chi connectivity index (χ0v) is 15.4. The topological polar surface area (TPSA) is 6.48 Å². The summed E-state index contributed by atoms with van der Waals surface area (Å²) in [6.07, 6.45) is 0. The number of aryl methyl sites for hydroxylation is 2. The molecule has 0 aliphatic carbocycles. The molecule has 1 aliphatic heterocycles. The Kier molecular flexibility index (Phi) is 5.35. The van der Waals surface area contributed by atoms with Crippen LogP contribution in [0.4, 0.5) is 11.4 Å². The van der Waals surface area contributed by atoms with Crippen molar-refractivity contribution in [3.63, 3.8) is 0 Å². The third-order valence-electron chi connectivity index (χ3n) is 4.48. The van der Waals surface area contributed by atoms with Gasteiger partial charge in [0.2, 0.25) is 0 Å². The Morgan fingerprint density at radius 2 is 1.26 bits per heavy atom. The van der Waals surface area contributed by atoms with E-state index >= 15 is 0 Å². The predicted octanol–water partition coefficient (Wildman–Crippen LogP) is 5.39. The van der Waals surface area contributed by atoms with Crippen LogP contribution in [0.3, 0.4) is 0 Å². The third kappa shape index (κ3) is 3.52. The third-order valence-corrected chi connectivity index (χ3v) is 4.48. The van der Waals surface area contributed by atoms with Crippen molar-refractivity contribution in [2.75, 3.05) is 23.0 Å². The lowest BCUT2D eigenvalue weighted by Gasteiger charge is -2.32. The van der Waals surface area contributed by atoms with Crippen molar-refractivity contribution in [3.05, 3.63) is 59.7 Å². The van der Waals surface area contributed by atoms with Crippen LogP contribution in [0.5, 0.6) is 0 Å². The normalized spacial score (nSPS) is 16.1. The highest BCUT2D eigenvalue weighted by Crippen LogP contribution is 2.35. The van der Waals surface area contributed by atoms with E-state index in [2.05, 4.69) is 86.0 Å². The highest BCUT2D eigenvalue weighted by molar-refractivity contribution is 5.62. The Morgan fingerprint density at radius 3 is 1.78 bits per heavy atom. The van der Waals surface area contributed by atoms with Crippen molar-refractivity contribution < 1.29 is 0 Å². The Morgan fingerprint density at radius 1 is 0.783 bits per heavy atom. The average molecular weight is 310 g/mol. The number of rotatable bonds is 2. The van der Waals surface area contributed by atoms with Crippen molar-refractivity contribution in [2.24, 2.45) is 0 Å². The number of anilines is 2. The van der Waals surface area contributed by atoms with Gasteiger partial charge in [-0.25, -0.2) is 0 Å². The zero-order chi connectivity index (χ0) is 17.0. The molecule has 0 bridgehead atoms. The van der Waals surface area contributed by atoms with E-state index in [9.17, 15) is 0 Å². The van der Waals surface area contributed by atoms with Gasteiger partial charge in [-0.05, 0) is 51.0 Å². The van der Waals surface area contributed by atoms with Crippen LogP contribution >= 0.6 is 0 Å². The molecule has 0 unspecified atom stereocenters. The summed E-state index contributed by atoms with van der Waals surface area (Å²) in [6.45, 7) is 15.0. The van der Waals surface area contributed by atoms with Crippen LogP contribution in [-0.4, -0.2) is 18.8 Å². The largest absolute Gasteiger partial charge is 0.351 e. The van der Waals surface area contributed by atoms with Crippen molar-refractivity contribution in [1.82, 2.24) is 0 Å². The maximum atomic E-state index is 2.52. The molecule has 2 heteroatoms. The van der Waals surface area contributed by atoms with Gasteiger partial charge in [0, 0.05) is 17.9 Å². The molecule has 2 nitrogen and oxygen atoms in total. The Labute approximate surface area is 141 Å². The van der Waals surface area contributed by atoms with Gasteiger partial charge >= 0.3 is 0 Å². The highest BCUT2D eigenvalue weighted by atomic mass is 15.4. The van der Waals surface area contributed by atoms with Gasteiger partial charge < -0.3 is 9.80 Å². The average Bonchev–Trinajstić information content (AvgIpc) is 2.85. The summed E-state index contributed by atoms with van der Waals surface area (Å²) in [5.41, 5.74) is 5.52. The minimum absolute atomic E-state index is 0.133. The predicted molar refractivity (Wildman–Crippen MR) is 102 cm³/mol. The first-order valence-electron chi connectivity index (χ1n) is 8.63. The smallest absolute Gasteiger partial charge is 0.0910 e. The Bertz CT molecular complexity index is 646. The number of hydrogen-bond donors (Lipinski definition) is 0. The van der Waals surface area contributed by atoms with Gasteiger partial charge in [0.25, 0.3) is 0 Å².